The van der Waals surface area contributed by atoms with Crippen LogP contribution in [0.4, 0.5) is 0 Å². The van der Waals surface area contributed by atoms with E-state index in [1.165, 1.54) is 11.1 Å². The summed E-state index contributed by atoms with van der Waals surface area (Å²) in [6.45, 7) is 0.544. The molecule has 1 heterocycles. The van der Waals surface area contributed by atoms with E-state index >= 15 is 0 Å². The molecule has 6 nitrogen and oxygen atoms in total. The molecule has 0 radical (unpaired) electrons. The molecule has 4 N–H and O–H groups in total. The number of hydroxylamine groups is 2. The number of halogens is 1. The molecular weight excluding hydrogens is 362 g/mol. The lowest BCUT2D eigenvalue weighted by Gasteiger charge is -2.31. The van der Waals surface area contributed by atoms with Crippen molar-refractivity contribution < 1.29 is 4.84 Å². The van der Waals surface area contributed by atoms with Crippen LogP contribution in [-0.2, 0) is 17.7 Å². The van der Waals surface area contributed by atoms with Gasteiger partial charge in [-0.05, 0) is 36.8 Å². The number of nitrogens with two attached hydrogens (primary N) is 2. The Morgan fingerprint density at radius 1 is 0.889 bits per heavy atom. The molecule has 0 aliphatic carbocycles. The Balaban J connectivity index is 0.00000261. The van der Waals surface area contributed by atoms with Gasteiger partial charge in [0.05, 0.1) is 6.61 Å². The lowest BCUT2D eigenvalue weighted by atomic mass is 10.1. The summed E-state index contributed by atoms with van der Waals surface area (Å²) in [6.07, 6.45) is 3.19. The molecule has 2 aromatic rings. The van der Waals surface area contributed by atoms with E-state index in [1.807, 2.05) is 36.4 Å². The van der Waals surface area contributed by atoms with Crippen LogP contribution in [0.25, 0.3) is 0 Å². The number of rotatable bonds is 8. The second kappa shape index (κ2) is 10.5. The first-order valence-corrected chi connectivity index (χ1v) is 8.90. The zero-order chi connectivity index (χ0) is 18.2. The van der Waals surface area contributed by atoms with E-state index < -0.39 is 0 Å². The van der Waals surface area contributed by atoms with E-state index in [9.17, 15) is 0 Å². The van der Waals surface area contributed by atoms with Crippen LogP contribution in [-0.4, -0.2) is 29.8 Å². The van der Waals surface area contributed by atoms with Crippen molar-refractivity contribution in [1.29, 1.82) is 0 Å². The van der Waals surface area contributed by atoms with Crippen molar-refractivity contribution in [2.45, 2.75) is 31.8 Å². The number of guanidine groups is 2. The van der Waals surface area contributed by atoms with E-state index in [-0.39, 0.29) is 30.5 Å². The summed E-state index contributed by atoms with van der Waals surface area (Å²) in [7, 11) is 0. The maximum absolute atomic E-state index is 6.01. The van der Waals surface area contributed by atoms with Crippen molar-refractivity contribution in [3.8, 4) is 0 Å². The maximum atomic E-state index is 6.01. The van der Waals surface area contributed by atoms with E-state index in [2.05, 4.69) is 34.3 Å². The van der Waals surface area contributed by atoms with Crippen molar-refractivity contribution in [2.24, 2.45) is 21.5 Å². The summed E-state index contributed by atoms with van der Waals surface area (Å²) in [6, 6.07) is 20.6. The fourth-order valence-electron chi connectivity index (χ4n) is 2.91. The number of benzene rings is 2. The molecule has 1 atom stereocenters. The van der Waals surface area contributed by atoms with Gasteiger partial charge in [0, 0.05) is 0 Å². The highest BCUT2D eigenvalue weighted by Gasteiger charge is 2.25. The lowest BCUT2D eigenvalue weighted by Crippen LogP contribution is -2.48. The highest BCUT2D eigenvalue weighted by molar-refractivity contribution is 5.94. The SMILES string of the molecule is Cl.NC1=NC(CCc2ccccc2)N(OCCCc2ccccc2)C(N)=N1. The van der Waals surface area contributed by atoms with Crippen LogP contribution in [0.1, 0.15) is 24.0 Å². The second-order valence-corrected chi connectivity index (χ2v) is 6.21. The maximum Gasteiger partial charge on any atom is 0.225 e. The minimum atomic E-state index is -0.260. The molecular formula is C20H26ClN5O. The van der Waals surface area contributed by atoms with E-state index in [4.69, 9.17) is 16.3 Å². The van der Waals surface area contributed by atoms with Crippen LogP contribution in [0.5, 0.6) is 0 Å². The third-order valence-corrected chi connectivity index (χ3v) is 4.22. The molecule has 0 spiro atoms. The zero-order valence-corrected chi connectivity index (χ0v) is 16.0. The second-order valence-electron chi connectivity index (χ2n) is 6.21. The molecule has 2 aromatic carbocycles. The molecule has 144 valence electrons. The van der Waals surface area contributed by atoms with Crippen LogP contribution in [0, 0.1) is 0 Å². The van der Waals surface area contributed by atoms with Gasteiger partial charge in [0.25, 0.3) is 0 Å². The summed E-state index contributed by atoms with van der Waals surface area (Å²) in [5.41, 5.74) is 14.3. The van der Waals surface area contributed by atoms with Gasteiger partial charge >= 0.3 is 0 Å². The van der Waals surface area contributed by atoms with Crippen molar-refractivity contribution in [2.75, 3.05) is 6.61 Å². The van der Waals surface area contributed by atoms with E-state index in [1.54, 1.807) is 5.06 Å². The molecule has 3 rings (SSSR count). The molecule has 0 aromatic heterocycles. The third-order valence-electron chi connectivity index (χ3n) is 4.22. The summed E-state index contributed by atoms with van der Waals surface area (Å²) in [5, 5.41) is 1.59. The largest absolute Gasteiger partial charge is 0.368 e. The number of hydrogen-bond acceptors (Lipinski definition) is 6. The monoisotopic (exact) mass is 387 g/mol. The molecule has 1 aliphatic rings. The molecule has 0 saturated heterocycles. The summed E-state index contributed by atoms with van der Waals surface area (Å²) < 4.78 is 0. The Morgan fingerprint density at radius 3 is 2.11 bits per heavy atom. The van der Waals surface area contributed by atoms with Gasteiger partial charge < -0.3 is 11.5 Å². The predicted octanol–water partition coefficient (Wildman–Crippen LogP) is 2.88. The Morgan fingerprint density at radius 2 is 1.48 bits per heavy atom. The quantitative estimate of drug-likeness (QED) is 0.681. The number of aliphatic imine (C=N–C) groups is 2. The van der Waals surface area contributed by atoms with Gasteiger partial charge in [-0.15, -0.1) is 12.4 Å². The van der Waals surface area contributed by atoms with E-state index in [0.29, 0.717) is 6.61 Å². The Kier molecular flexibility index (Phi) is 8.10. The van der Waals surface area contributed by atoms with Gasteiger partial charge in [0.2, 0.25) is 11.9 Å². The average molecular weight is 388 g/mol. The minimum absolute atomic E-state index is 0. The van der Waals surface area contributed by atoms with Crippen molar-refractivity contribution in [3.05, 3.63) is 71.8 Å². The predicted molar refractivity (Wildman–Crippen MR) is 112 cm³/mol. The molecule has 0 amide bonds. The highest BCUT2D eigenvalue weighted by Crippen LogP contribution is 2.15. The van der Waals surface area contributed by atoms with Crippen LogP contribution in [0.15, 0.2) is 70.6 Å². The first-order valence-electron chi connectivity index (χ1n) is 8.90. The van der Waals surface area contributed by atoms with Crippen molar-refractivity contribution in [1.82, 2.24) is 5.06 Å². The number of hydrogen-bond donors (Lipinski definition) is 2. The molecule has 7 heteroatoms. The van der Waals surface area contributed by atoms with E-state index in [0.717, 1.165) is 25.7 Å². The highest BCUT2D eigenvalue weighted by atomic mass is 35.5. The van der Waals surface area contributed by atoms with Crippen molar-refractivity contribution in [3.63, 3.8) is 0 Å². The molecule has 0 saturated carbocycles. The average Bonchev–Trinajstić information content (AvgIpc) is 2.66. The normalized spacial score (nSPS) is 16.3. The van der Waals surface area contributed by atoms with Crippen molar-refractivity contribution >= 4 is 24.3 Å². The molecule has 0 bridgehead atoms. The third kappa shape index (κ3) is 6.27. The smallest absolute Gasteiger partial charge is 0.225 e. The summed E-state index contributed by atoms with van der Waals surface area (Å²) in [4.78, 5) is 14.3. The fourth-order valence-corrected chi connectivity index (χ4v) is 2.91. The zero-order valence-electron chi connectivity index (χ0n) is 15.2. The van der Waals surface area contributed by atoms with Gasteiger partial charge in [-0.1, -0.05) is 60.7 Å². The van der Waals surface area contributed by atoms with Gasteiger partial charge in [-0.3, -0.25) is 4.84 Å². The van der Waals surface area contributed by atoms with Crippen LogP contribution in [0.3, 0.4) is 0 Å². The van der Waals surface area contributed by atoms with Crippen LogP contribution >= 0.6 is 12.4 Å². The summed E-state index contributed by atoms with van der Waals surface area (Å²) in [5.74, 6) is 0.458. The molecule has 0 fully saturated rings. The first kappa shape index (κ1) is 20.7. The lowest BCUT2D eigenvalue weighted by molar-refractivity contribution is -0.130. The first-order chi connectivity index (χ1) is 12.7. The molecule has 1 aliphatic heterocycles. The molecule has 27 heavy (non-hydrogen) atoms. The number of nitrogens with zero attached hydrogens (tertiary/aromatic N) is 3. The Hall–Kier alpha value is -2.57. The van der Waals surface area contributed by atoms with Gasteiger partial charge in [0.15, 0.2) is 6.17 Å². The topological polar surface area (TPSA) is 89.2 Å². The number of aryl methyl sites for hydroxylation is 2. The Labute approximate surface area is 166 Å². The Bertz CT molecular complexity index is 751. The standard InChI is InChI=1S/C20H25N5O.ClH/c21-19-23-18(14-13-17-10-5-2-6-11-17)25(20(22)24-19)26-15-7-12-16-8-3-1-4-9-16;/h1-6,8-11,18H,7,12-15H2,(H4,21,22,23,24);1H. The van der Waals surface area contributed by atoms with Gasteiger partial charge in [-0.2, -0.15) is 10.1 Å². The van der Waals surface area contributed by atoms with Gasteiger partial charge in [0.1, 0.15) is 0 Å². The fraction of sp³-hybridized carbons (Fsp3) is 0.300. The van der Waals surface area contributed by atoms with Gasteiger partial charge in [-0.25, -0.2) is 4.99 Å². The minimum Gasteiger partial charge on any atom is -0.368 e. The summed E-state index contributed by atoms with van der Waals surface area (Å²) >= 11 is 0. The van der Waals surface area contributed by atoms with Crippen LogP contribution < -0.4 is 11.5 Å². The van der Waals surface area contributed by atoms with Crippen LogP contribution in [0.2, 0.25) is 0 Å². The molecule has 1 unspecified atom stereocenters.